The number of allylic oxidation sites excluding steroid dienone is 2. The molecule has 0 spiro atoms. The number of rotatable bonds is 7. The van der Waals surface area contributed by atoms with Crippen LogP contribution in [0.4, 0.5) is 0 Å². The van der Waals surface area contributed by atoms with Crippen molar-refractivity contribution in [3.05, 3.63) is 96.7 Å². The predicted octanol–water partition coefficient (Wildman–Crippen LogP) is 3.40. The molecule has 37 heavy (non-hydrogen) atoms. The van der Waals surface area contributed by atoms with Crippen molar-refractivity contribution in [2.24, 2.45) is 4.99 Å². The largest absolute Gasteiger partial charge is 0.493 e. The van der Waals surface area contributed by atoms with Crippen LogP contribution in [0.25, 0.3) is 12.2 Å². The Labute approximate surface area is 217 Å². The lowest BCUT2D eigenvalue weighted by Gasteiger charge is -2.21. The number of esters is 2. The van der Waals surface area contributed by atoms with Crippen LogP contribution in [0.5, 0.6) is 11.5 Å². The fourth-order valence-electron chi connectivity index (χ4n) is 3.95. The second-order valence-corrected chi connectivity index (χ2v) is 9.13. The molecule has 0 saturated carbocycles. The molecule has 1 unspecified atom stereocenters. The molecule has 1 atom stereocenters. The second-order valence-electron chi connectivity index (χ2n) is 8.12. The van der Waals surface area contributed by atoms with E-state index in [0.29, 0.717) is 31.9 Å². The van der Waals surface area contributed by atoms with Crippen molar-refractivity contribution in [3.63, 3.8) is 0 Å². The van der Waals surface area contributed by atoms with Crippen molar-refractivity contribution in [3.8, 4) is 11.5 Å². The third-order valence-electron chi connectivity index (χ3n) is 5.57. The summed E-state index contributed by atoms with van der Waals surface area (Å²) < 4.78 is 17.7. The van der Waals surface area contributed by atoms with E-state index >= 15 is 0 Å². The summed E-state index contributed by atoms with van der Waals surface area (Å²) in [6.07, 6.45) is 5.40. The number of aromatic nitrogens is 1. The lowest BCUT2D eigenvalue weighted by molar-refractivity contribution is -0.139. The highest BCUT2D eigenvalue weighted by atomic mass is 32.1. The molecule has 0 bridgehead atoms. The van der Waals surface area contributed by atoms with E-state index in [1.165, 1.54) is 29.9 Å². The molecule has 8 nitrogen and oxygen atoms in total. The van der Waals surface area contributed by atoms with E-state index < -0.39 is 18.0 Å². The molecule has 1 aromatic heterocycles. The molecule has 3 aromatic rings. The third-order valence-corrected chi connectivity index (χ3v) is 6.55. The molecule has 0 aliphatic carbocycles. The van der Waals surface area contributed by atoms with Crippen molar-refractivity contribution in [1.29, 1.82) is 0 Å². The zero-order valence-corrected chi connectivity index (χ0v) is 21.7. The number of thiazole rings is 1. The SMILES string of the molecule is CCOC(=O)C1=C(C)N=c2sc(=Cc3ccc(OC(C)=O)c(OC)c3)c(=O)n2C1/C=C/c1ccccc1. The van der Waals surface area contributed by atoms with Crippen molar-refractivity contribution in [2.75, 3.05) is 13.7 Å². The quantitative estimate of drug-likeness (QED) is 0.351. The molecule has 1 aliphatic rings. The number of benzene rings is 2. The molecule has 0 amide bonds. The normalized spacial score (nSPS) is 15.4. The molecule has 190 valence electrons. The van der Waals surface area contributed by atoms with E-state index in [4.69, 9.17) is 14.2 Å². The van der Waals surface area contributed by atoms with Crippen molar-refractivity contribution in [2.45, 2.75) is 26.8 Å². The first-order valence-electron chi connectivity index (χ1n) is 11.6. The minimum atomic E-state index is -0.682. The number of nitrogens with zero attached hydrogens (tertiary/aromatic N) is 2. The fourth-order valence-corrected chi connectivity index (χ4v) is 5.00. The van der Waals surface area contributed by atoms with Crippen LogP contribution in [0, 0.1) is 0 Å². The van der Waals surface area contributed by atoms with Crippen LogP contribution in [0.1, 0.15) is 37.9 Å². The molecule has 9 heteroatoms. The van der Waals surface area contributed by atoms with Gasteiger partial charge in [-0.15, -0.1) is 0 Å². The van der Waals surface area contributed by atoms with Crippen LogP contribution in [0.2, 0.25) is 0 Å². The van der Waals surface area contributed by atoms with Gasteiger partial charge in [-0.1, -0.05) is 59.9 Å². The van der Waals surface area contributed by atoms with E-state index in [2.05, 4.69) is 4.99 Å². The first-order chi connectivity index (χ1) is 17.8. The topological polar surface area (TPSA) is 96.2 Å². The number of carbonyl (C=O) groups is 2. The van der Waals surface area contributed by atoms with Gasteiger partial charge in [-0.25, -0.2) is 9.79 Å². The van der Waals surface area contributed by atoms with E-state index in [0.717, 1.165) is 5.56 Å². The summed E-state index contributed by atoms with van der Waals surface area (Å²) in [5.41, 5.74) is 2.14. The highest BCUT2D eigenvalue weighted by Crippen LogP contribution is 2.29. The molecule has 2 aromatic carbocycles. The lowest BCUT2D eigenvalue weighted by atomic mass is 10.0. The number of fused-ring (bicyclic) bond motifs is 1. The molecule has 0 radical (unpaired) electrons. The van der Waals surface area contributed by atoms with Gasteiger partial charge in [0.15, 0.2) is 16.3 Å². The summed E-state index contributed by atoms with van der Waals surface area (Å²) in [5, 5.41) is 0. The Bertz CT molecular complexity index is 1580. The number of hydrogen-bond acceptors (Lipinski definition) is 8. The monoisotopic (exact) mass is 518 g/mol. The fraction of sp³-hybridized carbons (Fsp3) is 0.214. The van der Waals surface area contributed by atoms with Crippen LogP contribution in [-0.2, 0) is 14.3 Å². The van der Waals surface area contributed by atoms with Gasteiger partial charge in [0, 0.05) is 6.92 Å². The minimum absolute atomic E-state index is 0.209. The number of carbonyl (C=O) groups excluding carboxylic acids is 2. The molecule has 2 heterocycles. The first-order valence-corrected chi connectivity index (χ1v) is 12.4. The average molecular weight is 519 g/mol. The zero-order chi connectivity index (χ0) is 26.5. The molecule has 0 fully saturated rings. The Balaban J connectivity index is 1.83. The molecular weight excluding hydrogens is 492 g/mol. The van der Waals surface area contributed by atoms with Crippen LogP contribution >= 0.6 is 11.3 Å². The van der Waals surface area contributed by atoms with Gasteiger partial charge < -0.3 is 14.2 Å². The maximum Gasteiger partial charge on any atom is 0.338 e. The van der Waals surface area contributed by atoms with Gasteiger partial charge in [-0.3, -0.25) is 14.2 Å². The van der Waals surface area contributed by atoms with Gasteiger partial charge >= 0.3 is 11.9 Å². The van der Waals surface area contributed by atoms with E-state index in [9.17, 15) is 14.4 Å². The number of methoxy groups -OCH3 is 1. The van der Waals surface area contributed by atoms with Crippen molar-refractivity contribution < 1.29 is 23.8 Å². The van der Waals surface area contributed by atoms with Gasteiger partial charge in [0.2, 0.25) is 0 Å². The highest BCUT2D eigenvalue weighted by molar-refractivity contribution is 7.07. The second kappa shape index (κ2) is 11.2. The molecule has 0 N–H and O–H groups in total. The third kappa shape index (κ3) is 5.62. The first kappa shape index (κ1) is 25.8. The summed E-state index contributed by atoms with van der Waals surface area (Å²) in [4.78, 5) is 42.9. The summed E-state index contributed by atoms with van der Waals surface area (Å²) >= 11 is 1.22. The average Bonchev–Trinajstić information content (AvgIpc) is 3.17. The smallest absolute Gasteiger partial charge is 0.338 e. The maximum absolute atomic E-state index is 13.6. The Morgan fingerprint density at radius 1 is 1.11 bits per heavy atom. The zero-order valence-electron chi connectivity index (χ0n) is 20.9. The summed E-state index contributed by atoms with van der Waals surface area (Å²) in [6.45, 7) is 4.99. The lowest BCUT2D eigenvalue weighted by Crippen LogP contribution is -2.38. The van der Waals surface area contributed by atoms with Crippen molar-refractivity contribution in [1.82, 2.24) is 4.57 Å². The van der Waals surface area contributed by atoms with E-state index in [1.54, 1.807) is 38.1 Å². The predicted molar refractivity (Wildman–Crippen MR) is 141 cm³/mol. The van der Waals surface area contributed by atoms with Gasteiger partial charge in [0.1, 0.15) is 0 Å². The van der Waals surface area contributed by atoms with Gasteiger partial charge in [0.05, 0.1) is 35.6 Å². The van der Waals surface area contributed by atoms with Crippen LogP contribution in [0.3, 0.4) is 0 Å². The molecule has 0 saturated heterocycles. The molecular formula is C28H26N2O6S. The van der Waals surface area contributed by atoms with Gasteiger partial charge in [-0.2, -0.15) is 0 Å². The van der Waals surface area contributed by atoms with Crippen molar-refractivity contribution >= 4 is 35.4 Å². The standard InChI is InChI=1S/C28H26N2O6S/c1-5-35-27(33)25-17(2)29-28-30(21(25)13-11-19-9-7-6-8-10-19)26(32)24(37-28)16-20-12-14-22(36-18(3)31)23(15-20)34-4/h6-16,21H,5H2,1-4H3/b13-11+,24-16?. The Kier molecular flexibility index (Phi) is 7.83. The summed E-state index contributed by atoms with van der Waals surface area (Å²) in [6, 6.07) is 14.0. The molecule has 4 rings (SSSR count). The van der Waals surface area contributed by atoms with Crippen LogP contribution in [-0.4, -0.2) is 30.2 Å². The van der Waals surface area contributed by atoms with E-state index in [-0.39, 0.29) is 17.9 Å². The van der Waals surface area contributed by atoms with Gasteiger partial charge in [-0.05, 0) is 43.2 Å². The molecule has 1 aliphatic heterocycles. The number of hydrogen-bond donors (Lipinski definition) is 0. The Hall–Kier alpha value is -4.24. The summed E-state index contributed by atoms with van der Waals surface area (Å²) in [7, 11) is 1.47. The highest BCUT2D eigenvalue weighted by Gasteiger charge is 2.30. The van der Waals surface area contributed by atoms with E-state index in [1.807, 2.05) is 42.5 Å². The van der Waals surface area contributed by atoms with Crippen LogP contribution < -0.4 is 24.4 Å². The maximum atomic E-state index is 13.6. The summed E-state index contributed by atoms with van der Waals surface area (Å²) in [5.74, 6) is -0.322. The van der Waals surface area contributed by atoms with Gasteiger partial charge in [0.25, 0.3) is 5.56 Å². The minimum Gasteiger partial charge on any atom is -0.493 e. The van der Waals surface area contributed by atoms with Crippen LogP contribution in [0.15, 0.2) is 75.7 Å². The Morgan fingerprint density at radius 2 is 1.86 bits per heavy atom. The number of ether oxygens (including phenoxy) is 3. The Morgan fingerprint density at radius 3 is 2.54 bits per heavy atom.